The number of benzene rings is 1. The molecular formula is C14H18N2O2S. The summed E-state index contributed by atoms with van der Waals surface area (Å²) in [6, 6.07) is 6.56. The van der Waals surface area contributed by atoms with E-state index in [-0.39, 0.29) is 0 Å². The molecule has 1 N–H and O–H groups in total. The Balaban J connectivity index is 1.87. The molecule has 0 amide bonds. The zero-order valence-corrected chi connectivity index (χ0v) is 11.8. The Labute approximate surface area is 118 Å². The van der Waals surface area contributed by atoms with E-state index in [4.69, 9.17) is 21.7 Å². The van der Waals surface area contributed by atoms with E-state index >= 15 is 0 Å². The highest BCUT2D eigenvalue weighted by atomic mass is 32.1. The molecule has 0 aromatic heterocycles. The molecule has 19 heavy (non-hydrogen) atoms. The molecule has 0 unspecified atom stereocenters. The second kappa shape index (κ2) is 5.25. The van der Waals surface area contributed by atoms with Crippen LogP contribution in [0.25, 0.3) is 0 Å². The summed E-state index contributed by atoms with van der Waals surface area (Å²) in [4.78, 5) is 2.25. The molecule has 0 aliphatic carbocycles. The van der Waals surface area contributed by atoms with Crippen LogP contribution < -0.4 is 14.8 Å². The molecule has 0 spiro atoms. The minimum Gasteiger partial charge on any atom is -0.486 e. The lowest BCUT2D eigenvalue weighted by atomic mass is 10.0. The van der Waals surface area contributed by atoms with Crippen LogP contribution in [0, 0.1) is 0 Å². The zero-order valence-electron chi connectivity index (χ0n) is 11.0. The van der Waals surface area contributed by atoms with E-state index in [2.05, 4.69) is 22.3 Å². The number of likely N-dealkylation sites (tertiary alicyclic amines) is 1. The van der Waals surface area contributed by atoms with Gasteiger partial charge in [0.2, 0.25) is 0 Å². The summed E-state index contributed by atoms with van der Waals surface area (Å²) >= 11 is 5.37. The fourth-order valence-corrected chi connectivity index (χ4v) is 2.99. The molecule has 0 saturated carbocycles. The molecule has 1 fully saturated rings. The van der Waals surface area contributed by atoms with Gasteiger partial charge < -0.3 is 19.7 Å². The number of hydrogen-bond donors (Lipinski definition) is 1. The van der Waals surface area contributed by atoms with Gasteiger partial charge in [0.05, 0.1) is 6.04 Å². The van der Waals surface area contributed by atoms with Crippen molar-refractivity contribution in [2.24, 2.45) is 0 Å². The largest absolute Gasteiger partial charge is 0.486 e. The van der Waals surface area contributed by atoms with Gasteiger partial charge >= 0.3 is 0 Å². The van der Waals surface area contributed by atoms with Crippen molar-refractivity contribution in [1.29, 1.82) is 0 Å². The number of nitrogens with one attached hydrogen (secondary N) is 1. The minimum absolute atomic E-state index is 0.343. The van der Waals surface area contributed by atoms with Crippen molar-refractivity contribution in [2.75, 3.05) is 26.8 Å². The second-order valence-corrected chi connectivity index (χ2v) is 5.20. The monoisotopic (exact) mass is 278 g/mol. The quantitative estimate of drug-likeness (QED) is 0.796. The molecule has 4 nitrogen and oxygen atoms in total. The van der Waals surface area contributed by atoms with Crippen molar-refractivity contribution in [3.63, 3.8) is 0 Å². The predicted molar refractivity (Wildman–Crippen MR) is 77.8 cm³/mol. The van der Waals surface area contributed by atoms with E-state index in [9.17, 15) is 0 Å². The first kappa shape index (κ1) is 12.5. The fraction of sp³-hybridized carbons (Fsp3) is 0.500. The molecule has 1 atom stereocenters. The Bertz CT molecular complexity index is 492. The van der Waals surface area contributed by atoms with Gasteiger partial charge in [-0.3, -0.25) is 0 Å². The molecule has 0 bridgehead atoms. The number of nitrogens with zero attached hydrogens (tertiary/aromatic N) is 1. The van der Waals surface area contributed by atoms with Gasteiger partial charge in [0.15, 0.2) is 16.6 Å². The average Bonchev–Trinajstić information content (AvgIpc) is 2.95. The third-order valence-electron chi connectivity index (χ3n) is 3.68. The zero-order chi connectivity index (χ0) is 13.2. The van der Waals surface area contributed by atoms with Gasteiger partial charge in [-0.1, -0.05) is 6.07 Å². The van der Waals surface area contributed by atoms with E-state index in [0.29, 0.717) is 19.3 Å². The molecule has 3 rings (SSSR count). The second-order valence-electron chi connectivity index (χ2n) is 4.81. The van der Waals surface area contributed by atoms with Crippen molar-refractivity contribution >= 4 is 17.3 Å². The summed E-state index contributed by atoms with van der Waals surface area (Å²) in [5.74, 6) is 1.70. The van der Waals surface area contributed by atoms with Crippen LogP contribution in [0.1, 0.15) is 24.4 Å². The number of ether oxygens (including phenoxy) is 2. The van der Waals surface area contributed by atoms with Crippen LogP contribution >= 0.6 is 12.2 Å². The number of hydrogen-bond acceptors (Lipinski definition) is 3. The minimum atomic E-state index is 0.343. The molecule has 2 heterocycles. The third-order valence-corrected chi connectivity index (χ3v) is 4.12. The average molecular weight is 278 g/mol. The van der Waals surface area contributed by atoms with Crippen molar-refractivity contribution in [3.8, 4) is 11.5 Å². The summed E-state index contributed by atoms with van der Waals surface area (Å²) in [5.41, 5.74) is 1.25. The van der Waals surface area contributed by atoms with Crippen LogP contribution in [0.4, 0.5) is 0 Å². The maximum atomic E-state index is 5.65. The van der Waals surface area contributed by atoms with Crippen molar-refractivity contribution in [2.45, 2.75) is 18.9 Å². The Kier molecular flexibility index (Phi) is 3.46. The summed E-state index contributed by atoms with van der Waals surface area (Å²) in [6.07, 6.45) is 2.29. The topological polar surface area (TPSA) is 33.7 Å². The van der Waals surface area contributed by atoms with Gasteiger partial charge in [-0.05, 0) is 42.8 Å². The summed E-state index contributed by atoms with van der Waals surface area (Å²) in [7, 11) is 1.88. The lowest BCUT2D eigenvalue weighted by Crippen LogP contribution is -2.37. The molecule has 2 aliphatic rings. The van der Waals surface area contributed by atoms with Crippen LogP contribution in [0.3, 0.4) is 0 Å². The Morgan fingerprint density at radius 3 is 2.89 bits per heavy atom. The Morgan fingerprint density at radius 2 is 2.11 bits per heavy atom. The van der Waals surface area contributed by atoms with Gasteiger partial charge in [-0.15, -0.1) is 0 Å². The highest BCUT2D eigenvalue weighted by Gasteiger charge is 2.28. The number of fused-ring (bicyclic) bond motifs is 1. The number of thiocarbonyl (C=S) groups is 1. The summed E-state index contributed by atoms with van der Waals surface area (Å²) in [6.45, 7) is 2.27. The first-order valence-corrected chi connectivity index (χ1v) is 7.08. The maximum Gasteiger partial charge on any atom is 0.169 e. The fourth-order valence-electron chi connectivity index (χ4n) is 2.77. The van der Waals surface area contributed by atoms with E-state index in [0.717, 1.165) is 29.6 Å². The summed E-state index contributed by atoms with van der Waals surface area (Å²) < 4.78 is 11.2. The molecule has 1 saturated heterocycles. The van der Waals surface area contributed by atoms with Crippen molar-refractivity contribution in [1.82, 2.24) is 10.2 Å². The Morgan fingerprint density at radius 1 is 1.32 bits per heavy atom. The van der Waals surface area contributed by atoms with Gasteiger partial charge in [-0.2, -0.15) is 0 Å². The molecule has 1 aromatic carbocycles. The van der Waals surface area contributed by atoms with Gasteiger partial charge in [0.25, 0.3) is 0 Å². The maximum absolute atomic E-state index is 5.65. The van der Waals surface area contributed by atoms with E-state index in [1.165, 1.54) is 12.0 Å². The van der Waals surface area contributed by atoms with Gasteiger partial charge in [0, 0.05) is 13.6 Å². The van der Waals surface area contributed by atoms with Gasteiger partial charge in [0.1, 0.15) is 13.2 Å². The smallest absolute Gasteiger partial charge is 0.169 e. The van der Waals surface area contributed by atoms with Crippen LogP contribution in [0.5, 0.6) is 11.5 Å². The standard InChI is InChI=1S/C14H18N2O2S/c1-15-14(19)16-6-2-3-11(16)10-4-5-12-13(9-10)18-8-7-17-12/h4-5,9,11H,2-3,6-8H2,1H3,(H,15,19)/t11-/m0/s1. The molecule has 0 radical (unpaired) electrons. The van der Waals surface area contributed by atoms with Crippen LogP contribution in [0.2, 0.25) is 0 Å². The van der Waals surface area contributed by atoms with Gasteiger partial charge in [-0.25, -0.2) is 0 Å². The first-order valence-electron chi connectivity index (χ1n) is 6.67. The van der Waals surface area contributed by atoms with E-state index < -0.39 is 0 Å². The Hall–Kier alpha value is -1.49. The van der Waals surface area contributed by atoms with Crippen LogP contribution in [-0.2, 0) is 0 Å². The van der Waals surface area contributed by atoms with Crippen LogP contribution in [0.15, 0.2) is 18.2 Å². The predicted octanol–water partition coefficient (Wildman–Crippen LogP) is 2.10. The molecule has 102 valence electrons. The molecule has 1 aromatic rings. The molecular weight excluding hydrogens is 260 g/mol. The first-order chi connectivity index (χ1) is 9.29. The lowest BCUT2D eigenvalue weighted by molar-refractivity contribution is 0.171. The van der Waals surface area contributed by atoms with Crippen molar-refractivity contribution < 1.29 is 9.47 Å². The van der Waals surface area contributed by atoms with E-state index in [1.54, 1.807) is 0 Å². The molecule has 5 heteroatoms. The normalized spacial score (nSPS) is 21.3. The lowest BCUT2D eigenvalue weighted by Gasteiger charge is -2.28. The molecule has 2 aliphatic heterocycles. The summed E-state index contributed by atoms with van der Waals surface area (Å²) in [5, 5.41) is 3.89. The highest BCUT2D eigenvalue weighted by Crippen LogP contribution is 2.37. The SMILES string of the molecule is CNC(=S)N1CCC[C@H]1c1ccc2c(c1)OCCO2. The third kappa shape index (κ3) is 2.34. The van der Waals surface area contributed by atoms with Crippen LogP contribution in [-0.4, -0.2) is 36.8 Å². The highest BCUT2D eigenvalue weighted by molar-refractivity contribution is 7.80. The van der Waals surface area contributed by atoms with Crippen molar-refractivity contribution in [3.05, 3.63) is 23.8 Å². The number of rotatable bonds is 1. The van der Waals surface area contributed by atoms with E-state index in [1.807, 2.05) is 13.1 Å².